The molecule has 0 unspecified atom stereocenters. The zero-order valence-corrected chi connectivity index (χ0v) is 13.7. The molecule has 0 bridgehead atoms. The molecule has 0 spiro atoms. The van der Waals surface area contributed by atoms with Gasteiger partial charge in [-0.25, -0.2) is 8.42 Å². The third-order valence-electron chi connectivity index (χ3n) is 3.60. The second kappa shape index (κ2) is 6.29. The smallest absolute Gasteiger partial charge is 0.173 e. The molecule has 21 heavy (non-hydrogen) atoms. The first-order chi connectivity index (χ1) is 9.82. The lowest BCUT2D eigenvalue weighted by Crippen LogP contribution is -2.48. The van der Waals surface area contributed by atoms with Crippen molar-refractivity contribution >= 4 is 32.9 Å². The van der Waals surface area contributed by atoms with Crippen LogP contribution < -0.4 is 5.32 Å². The Morgan fingerprint density at radius 1 is 1.38 bits per heavy atom. The van der Waals surface area contributed by atoms with Crippen molar-refractivity contribution in [2.24, 2.45) is 0 Å². The Balaban J connectivity index is 2.10. The van der Waals surface area contributed by atoms with E-state index < -0.39 is 22.0 Å². The molecule has 1 aliphatic rings. The van der Waals surface area contributed by atoms with Gasteiger partial charge in [0.25, 0.3) is 0 Å². The molecule has 2 N–H and O–H groups in total. The van der Waals surface area contributed by atoms with Crippen LogP contribution in [-0.2, 0) is 9.84 Å². The highest BCUT2D eigenvalue weighted by molar-refractivity contribution is 7.91. The van der Waals surface area contributed by atoms with E-state index in [0.29, 0.717) is 11.7 Å². The fourth-order valence-electron chi connectivity index (χ4n) is 2.47. The molecule has 0 amide bonds. The monoisotopic (exact) mass is 328 g/mol. The van der Waals surface area contributed by atoms with E-state index in [1.165, 1.54) is 0 Å². The van der Waals surface area contributed by atoms with Crippen molar-refractivity contribution in [1.29, 1.82) is 0 Å². The Labute approximate surface area is 130 Å². The van der Waals surface area contributed by atoms with Crippen LogP contribution in [-0.4, -0.2) is 53.7 Å². The molecule has 0 aromatic heterocycles. The zero-order valence-electron chi connectivity index (χ0n) is 12.1. The first-order valence-electron chi connectivity index (χ1n) is 6.85. The fraction of sp³-hybridized carbons (Fsp3) is 0.500. The van der Waals surface area contributed by atoms with Crippen molar-refractivity contribution in [2.75, 3.05) is 23.4 Å². The second-order valence-corrected chi connectivity index (χ2v) is 7.83. The fourth-order valence-corrected chi connectivity index (χ4v) is 4.65. The minimum atomic E-state index is -3.19. The molecule has 0 aliphatic carbocycles. The number of hydrogen-bond donors (Lipinski definition) is 2. The Morgan fingerprint density at radius 3 is 2.48 bits per heavy atom. The minimum Gasteiger partial charge on any atom is -0.390 e. The van der Waals surface area contributed by atoms with Crippen LogP contribution in [0.1, 0.15) is 12.5 Å². The Kier molecular flexibility index (Phi) is 4.85. The third kappa shape index (κ3) is 3.93. The summed E-state index contributed by atoms with van der Waals surface area (Å²) in [7, 11) is -3.19. The molecule has 0 radical (unpaired) electrons. The van der Waals surface area contributed by atoms with Gasteiger partial charge in [0.1, 0.15) is 0 Å². The summed E-state index contributed by atoms with van der Waals surface area (Å²) in [6.07, 6.45) is -0.896. The first kappa shape index (κ1) is 16.2. The molecule has 1 heterocycles. The van der Waals surface area contributed by atoms with Crippen LogP contribution in [0.3, 0.4) is 0 Å². The van der Waals surface area contributed by atoms with Crippen molar-refractivity contribution in [3.63, 3.8) is 0 Å². The van der Waals surface area contributed by atoms with Gasteiger partial charge in [0.15, 0.2) is 14.9 Å². The van der Waals surface area contributed by atoms with Crippen molar-refractivity contribution in [3.8, 4) is 0 Å². The summed E-state index contributed by atoms with van der Waals surface area (Å²) >= 11 is 5.36. The van der Waals surface area contributed by atoms with E-state index in [1.54, 1.807) is 4.90 Å². The predicted molar refractivity (Wildman–Crippen MR) is 88.2 cm³/mol. The molecule has 116 valence electrons. The largest absolute Gasteiger partial charge is 0.390 e. The van der Waals surface area contributed by atoms with Crippen LogP contribution in [0.25, 0.3) is 0 Å². The summed E-state index contributed by atoms with van der Waals surface area (Å²) in [4.78, 5) is 1.74. The van der Waals surface area contributed by atoms with Crippen molar-refractivity contribution in [3.05, 3.63) is 29.8 Å². The van der Waals surface area contributed by atoms with E-state index in [4.69, 9.17) is 12.2 Å². The molecular weight excluding hydrogens is 308 g/mol. The number of aliphatic hydroxyl groups is 1. The molecule has 1 saturated heterocycles. The minimum absolute atomic E-state index is 0.0578. The van der Waals surface area contributed by atoms with Crippen LogP contribution in [0.4, 0.5) is 5.69 Å². The Morgan fingerprint density at radius 2 is 2.00 bits per heavy atom. The van der Waals surface area contributed by atoms with Gasteiger partial charge in [-0.15, -0.1) is 0 Å². The highest BCUT2D eigenvalue weighted by atomic mass is 32.2. The number of aliphatic hydroxyl groups excluding tert-OH is 1. The SMILES string of the molecule is CCN(C(=S)Nc1ccc(C)cc1)[C@@H]1CS(=O)(=O)C[C@@H]1O. The van der Waals surface area contributed by atoms with Gasteiger partial charge in [-0.1, -0.05) is 17.7 Å². The maximum absolute atomic E-state index is 11.6. The molecule has 0 saturated carbocycles. The van der Waals surface area contributed by atoms with Crippen LogP contribution in [0.2, 0.25) is 0 Å². The summed E-state index contributed by atoms with van der Waals surface area (Å²) < 4.78 is 23.3. The third-order valence-corrected chi connectivity index (χ3v) is 5.63. The van der Waals surface area contributed by atoms with E-state index >= 15 is 0 Å². The number of aryl methyl sites for hydroxylation is 1. The van der Waals surface area contributed by atoms with E-state index in [2.05, 4.69) is 5.32 Å². The highest BCUT2D eigenvalue weighted by Gasteiger charge is 2.40. The standard InChI is InChI=1S/C14H20N2O3S2/c1-3-16(12-8-21(18,19)9-13(12)17)14(20)15-11-6-4-10(2)5-7-11/h4-7,12-13,17H,3,8-9H2,1-2H3,(H,15,20)/t12-,13+/m1/s1. The molecule has 1 aromatic rings. The number of rotatable bonds is 3. The quantitative estimate of drug-likeness (QED) is 0.812. The summed E-state index contributed by atoms with van der Waals surface area (Å²) in [5, 5.41) is 13.5. The molecule has 1 aromatic carbocycles. The molecule has 1 aliphatic heterocycles. The number of thiocarbonyl (C=S) groups is 1. The van der Waals surface area contributed by atoms with Crippen LogP contribution >= 0.6 is 12.2 Å². The highest BCUT2D eigenvalue weighted by Crippen LogP contribution is 2.20. The van der Waals surface area contributed by atoms with Gasteiger partial charge in [0.05, 0.1) is 23.7 Å². The maximum Gasteiger partial charge on any atom is 0.173 e. The lowest BCUT2D eigenvalue weighted by atomic mass is 10.2. The molecule has 7 heteroatoms. The van der Waals surface area contributed by atoms with Crippen molar-refractivity contribution in [2.45, 2.75) is 26.0 Å². The molecular formula is C14H20N2O3S2. The topological polar surface area (TPSA) is 69.6 Å². The number of likely N-dealkylation sites (N-methyl/N-ethyl adjacent to an activating group) is 1. The lowest BCUT2D eigenvalue weighted by Gasteiger charge is -2.31. The van der Waals surface area contributed by atoms with Gasteiger partial charge in [-0.3, -0.25) is 0 Å². The predicted octanol–water partition coefficient (Wildman–Crippen LogP) is 1.17. The van der Waals surface area contributed by atoms with Gasteiger partial charge in [0, 0.05) is 12.2 Å². The van der Waals surface area contributed by atoms with Gasteiger partial charge in [-0.2, -0.15) is 0 Å². The van der Waals surface area contributed by atoms with Crippen LogP contribution in [0.15, 0.2) is 24.3 Å². The Hall–Kier alpha value is -1.18. The first-order valence-corrected chi connectivity index (χ1v) is 9.08. The average Bonchev–Trinajstić information content (AvgIpc) is 2.67. The number of sulfone groups is 1. The Bertz CT molecular complexity index is 614. The summed E-state index contributed by atoms with van der Waals surface area (Å²) in [6.45, 7) is 4.43. The van der Waals surface area contributed by atoms with E-state index in [9.17, 15) is 13.5 Å². The van der Waals surface area contributed by atoms with E-state index in [-0.39, 0.29) is 11.5 Å². The number of nitrogens with zero attached hydrogens (tertiary/aromatic N) is 1. The van der Waals surface area contributed by atoms with Gasteiger partial charge < -0.3 is 15.3 Å². The number of hydrogen-bond acceptors (Lipinski definition) is 4. The number of benzene rings is 1. The van der Waals surface area contributed by atoms with Crippen molar-refractivity contribution < 1.29 is 13.5 Å². The van der Waals surface area contributed by atoms with Gasteiger partial charge in [-0.05, 0) is 38.2 Å². The summed E-state index contributed by atoms with van der Waals surface area (Å²) in [5.74, 6) is -0.251. The van der Waals surface area contributed by atoms with Crippen LogP contribution in [0.5, 0.6) is 0 Å². The second-order valence-electron chi connectivity index (χ2n) is 5.29. The van der Waals surface area contributed by atoms with Crippen molar-refractivity contribution in [1.82, 2.24) is 4.90 Å². The van der Waals surface area contributed by atoms with Crippen LogP contribution in [0, 0.1) is 6.92 Å². The van der Waals surface area contributed by atoms with E-state index in [1.807, 2.05) is 38.1 Å². The summed E-state index contributed by atoms with van der Waals surface area (Å²) in [6, 6.07) is 7.28. The lowest BCUT2D eigenvalue weighted by molar-refractivity contribution is 0.126. The van der Waals surface area contributed by atoms with Gasteiger partial charge >= 0.3 is 0 Å². The summed E-state index contributed by atoms with van der Waals surface area (Å²) in [5.41, 5.74) is 2.00. The van der Waals surface area contributed by atoms with Gasteiger partial charge in [0.2, 0.25) is 0 Å². The molecule has 5 nitrogen and oxygen atoms in total. The van der Waals surface area contributed by atoms with E-state index in [0.717, 1.165) is 11.3 Å². The molecule has 2 atom stereocenters. The number of nitrogens with one attached hydrogen (secondary N) is 1. The zero-order chi connectivity index (χ0) is 15.6. The molecule has 2 rings (SSSR count). The normalized spacial score (nSPS) is 23.8. The number of anilines is 1. The average molecular weight is 328 g/mol. The maximum atomic E-state index is 11.6. The molecule has 1 fully saturated rings.